The van der Waals surface area contributed by atoms with Crippen molar-refractivity contribution in [3.05, 3.63) is 29.8 Å². The van der Waals surface area contributed by atoms with E-state index in [0.717, 1.165) is 6.26 Å². The highest BCUT2D eigenvalue weighted by Crippen LogP contribution is 2.18. The Morgan fingerprint density at radius 1 is 1.35 bits per heavy atom. The Morgan fingerprint density at radius 2 is 2.00 bits per heavy atom. The fourth-order valence-electron chi connectivity index (χ4n) is 1.26. The Kier molecular flexibility index (Phi) is 4.51. The summed E-state index contributed by atoms with van der Waals surface area (Å²) in [6.45, 7) is 0.0233. The van der Waals surface area contributed by atoms with Crippen LogP contribution >= 0.6 is 0 Å². The van der Waals surface area contributed by atoms with Gasteiger partial charge in [-0.2, -0.15) is 0 Å². The largest absolute Gasteiger partial charge is 0.492 e. The number of hydrogen-bond acceptors (Lipinski definition) is 4. The van der Waals surface area contributed by atoms with Crippen molar-refractivity contribution < 1.29 is 23.1 Å². The Morgan fingerprint density at radius 3 is 2.59 bits per heavy atom. The van der Waals surface area contributed by atoms with Crippen molar-refractivity contribution in [3.8, 4) is 5.75 Å². The molecule has 17 heavy (non-hydrogen) atoms. The lowest BCUT2D eigenvalue weighted by Gasteiger charge is -2.09. The van der Waals surface area contributed by atoms with Gasteiger partial charge in [0.25, 0.3) is 0 Å². The van der Waals surface area contributed by atoms with E-state index in [1.165, 1.54) is 0 Å². The first-order valence-corrected chi connectivity index (χ1v) is 7.05. The second-order valence-corrected chi connectivity index (χ2v) is 5.92. The summed E-state index contributed by atoms with van der Waals surface area (Å²) in [7, 11) is -3.07. The molecular weight excluding hydrogens is 244 g/mol. The molecule has 1 aromatic rings. The van der Waals surface area contributed by atoms with Gasteiger partial charge < -0.3 is 9.84 Å². The molecule has 1 rings (SSSR count). The molecule has 1 aromatic carbocycles. The Balaban J connectivity index is 2.67. The maximum Gasteiger partial charge on any atom is 0.307 e. The molecule has 0 heterocycles. The van der Waals surface area contributed by atoms with Gasteiger partial charge in [0.05, 0.1) is 12.2 Å². The lowest BCUT2D eigenvalue weighted by molar-refractivity contribution is -0.136. The molecule has 0 spiro atoms. The molecule has 0 saturated carbocycles. The molecule has 0 aliphatic heterocycles. The van der Waals surface area contributed by atoms with Gasteiger partial charge >= 0.3 is 5.97 Å². The van der Waals surface area contributed by atoms with E-state index in [2.05, 4.69) is 0 Å². The Hall–Kier alpha value is -1.56. The average molecular weight is 258 g/mol. The van der Waals surface area contributed by atoms with E-state index in [0.29, 0.717) is 11.3 Å². The number of sulfone groups is 1. The minimum absolute atomic E-state index is 0.0233. The van der Waals surface area contributed by atoms with E-state index in [4.69, 9.17) is 9.84 Å². The van der Waals surface area contributed by atoms with Crippen LogP contribution in [0.15, 0.2) is 24.3 Å². The first kappa shape index (κ1) is 13.5. The zero-order valence-corrected chi connectivity index (χ0v) is 10.2. The molecule has 0 aromatic heterocycles. The van der Waals surface area contributed by atoms with Gasteiger partial charge in [-0.3, -0.25) is 4.79 Å². The van der Waals surface area contributed by atoms with Crippen LogP contribution in [0.25, 0.3) is 0 Å². The van der Waals surface area contributed by atoms with E-state index in [1.807, 2.05) is 0 Å². The van der Waals surface area contributed by atoms with Gasteiger partial charge in [0.15, 0.2) is 9.84 Å². The molecule has 0 unspecified atom stereocenters. The molecule has 94 valence electrons. The third-order valence-electron chi connectivity index (χ3n) is 2.03. The van der Waals surface area contributed by atoms with Crippen molar-refractivity contribution >= 4 is 15.8 Å². The van der Waals surface area contributed by atoms with Crippen molar-refractivity contribution in [1.29, 1.82) is 0 Å². The summed E-state index contributed by atoms with van der Waals surface area (Å²) in [5.74, 6) is -0.628. The highest BCUT2D eigenvalue weighted by Gasteiger charge is 2.08. The van der Waals surface area contributed by atoms with E-state index >= 15 is 0 Å². The van der Waals surface area contributed by atoms with Gasteiger partial charge in [-0.05, 0) is 6.07 Å². The predicted octanol–water partition coefficient (Wildman–Crippen LogP) is 0.737. The number of carbonyl (C=O) groups is 1. The van der Waals surface area contributed by atoms with Crippen LogP contribution in [0.4, 0.5) is 0 Å². The highest BCUT2D eigenvalue weighted by atomic mass is 32.2. The smallest absolute Gasteiger partial charge is 0.307 e. The molecule has 0 fully saturated rings. The molecule has 0 amide bonds. The van der Waals surface area contributed by atoms with E-state index in [-0.39, 0.29) is 18.8 Å². The maximum atomic E-state index is 10.9. The second kappa shape index (κ2) is 5.67. The van der Waals surface area contributed by atoms with E-state index in [1.54, 1.807) is 24.3 Å². The summed E-state index contributed by atoms with van der Waals surface area (Å²) < 4.78 is 27.1. The van der Waals surface area contributed by atoms with Gasteiger partial charge in [-0.1, -0.05) is 18.2 Å². The van der Waals surface area contributed by atoms with Crippen LogP contribution < -0.4 is 4.74 Å². The van der Waals surface area contributed by atoms with Gasteiger partial charge in [-0.25, -0.2) is 8.42 Å². The quantitative estimate of drug-likeness (QED) is 0.813. The third-order valence-corrected chi connectivity index (χ3v) is 2.93. The third kappa shape index (κ3) is 5.35. The lowest BCUT2D eigenvalue weighted by atomic mass is 10.1. The number of ether oxygens (including phenoxy) is 1. The SMILES string of the molecule is CS(=O)(=O)CCOc1ccccc1CC(=O)O. The summed E-state index contributed by atoms with van der Waals surface area (Å²) in [6, 6.07) is 6.69. The molecule has 0 aliphatic carbocycles. The fraction of sp³-hybridized carbons (Fsp3) is 0.364. The molecule has 0 atom stereocenters. The zero-order valence-electron chi connectivity index (χ0n) is 9.42. The minimum atomic E-state index is -3.07. The fourth-order valence-corrected chi connectivity index (χ4v) is 1.64. The van der Waals surface area contributed by atoms with Gasteiger partial charge in [0.1, 0.15) is 12.4 Å². The van der Waals surface area contributed by atoms with Crippen LogP contribution in [-0.2, 0) is 21.1 Å². The standard InChI is InChI=1S/C11H14O5S/c1-17(14,15)7-6-16-10-5-3-2-4-9(10)8-11(12)13/h2-5H,6-8H2,1H3,(H,12,13). The normalized spacial score (nSPS) is 11.1. The maximum absolute atomic E-state index is 10.9. The first-order chi connectivity index (χ1) is 7.88. The summed E-state index contributed by atoms with van der Waals surface area (Å²) in [4.78, 5) is 10.6. The predicted molar refractivity (Wildman–Crippen MR) is 63.0 cm³/mol. The van der Waals surface area contributed by atoms with Crippen LogP contribution in [-0.4, -0.2) is 38.1 Å². The number of para-hydroxylation sites is 1. The molecule has 0 saturated heterocycles. The Labute approximate surface area is 100.0 Å². The monoisotopic (exact) mass is 258 g/mol. The van der Waals surface area contributed by atoms with Crippen LogP contribution in [0.2, 0.25) is 0 Å². The summed E-state index contributed by atoms with van der Waals surface area (Å²) >= 11 is 0. The molecular formula is C11H14O5S. The van der Waals surface area contributed by atoms with Gasteiger partial charge in [0.2, 0.25) is 0 Å². The van der Waals surface area contributed by atoms with Crippen LogP contribution in [0, 0.1) is 0 Å². The van der Waals surface area contributed by atoms with Crippen LogP contribution in [0.5, 0.6) is 5.75 Å². The first-order valence-electron chi connectivity index (χ1n) is 4.99. The lowest BCUT2D eigenvalue weighted by Crippen LogP contribution is -2.13. The minimum Gasteiger partial charge on any atom is -0.492 e. The molecule has 0 aliphatic rings. The zero-order chi connectivity index (χ0) is 12.9. The van der Waals surface area contributed by atoms with Gasteiger partial charge in [-0.15, -0.1) is 0 Å². The van der Waals surface area contributed by atoms with Crippen molar-refractivity contribution in [2.24, 2.45) is 0 Å². The molecule has 1 N–H and O–H groups in total. The van der Waals surface area contributed by atoms with Crippen LogP contribution in [0.1, 0.15) is 5.56 Å². The number of carboxylic acid groups (broad SMARTS) is 1. The molecule has 5 nitrogen and oxygen atoms in total. The van der Waals surface area contributed by atoms with Gasteiger partial charge in [0, 0.05) is 11.8 Å². The summed E-state index contributed by atoms with van der Waals surface area (Å²) in [5.41, 5.74) is 0.536. The topological polar surface area (TPSA) is 80.7 Å². The van der Waals surface area contributed by atoms with Crippen molar-refractivity contribution in [1.82, 2.24) is 0 Å². The molecule has 0 bridgehead atoms. The molecule has 0 radical (unpaired) electrons. The number of benzene rings is 1. The number of hydrogen-bond donors (Lipinski definition) is 1. The summed E-state index contributed by atoms with van der Waals surface area (Å²) in [6.07, 6.45) is 0.981. The number of carboxylic acids is 1. The summed E-state index contributed by atoms with van der Waals surface area (Å²) in [5, 5.41) is 8.69. The van der Waals surface area contributed by atoms with Crippen molar-refractivity contribution in [2.75, 3.05) is 18.6 Å². The van der Waals surface area contributed by atoms with Crippen molar-refractivity contribution in [2.45, 2.75) is 6.42 Å². The van der Waals surface area contributed by atoms with Crippen molar-refractivity contribution in [3.63, 3.8) is 0 Å². The second-order valence-electron chi connectivity index (χ2n) is 3.66. The molecule has 6 heteroatoms. The van der Waals surface area contributed by atoms with E-state index < -0.39 is 15.8 Å². The number of rotatable bonds is 6. The van der Waals surface area contributed by atoms with Crippen LogP contribution in [0.3, 0.4) is 0 Å². The Bertz CT molecular complexity index is 492. The average Bonchev–Trinajstić information content (AvgIpc) is 2.18. The highest BCUT2D eigenvalue weighted by molar-refractivity contribution is 7.90. The van der Waals surface area contributed by atoms with E-state index in [9.17, 15) is 13.2 Å². The number of aliphatic carboxylic acids is 1.